The molecule has 0 radical (unpaired) electrons. The maximum Gasteiger partial charge on any atom is 0.131 e. The molecule has 0 amide bonds. The second-order valence-electron chi connectivity index (χ2n) is 4.35. The Bertz CT molecular complexity index is 517. The Labute approximate surface area is 111 Å². The van der Waals surface area contributed by atoms with Crippen LogP contribution in [-0.4, -0.2) is 16.1 Å². The fourth-order valence-corrected chi connectivity index (χ4v) is 1.88. The van der Waals surface area contributed by atoms with Crippen molar-refractivity contribution in [2.24, 2.45) is 0 Å². The molecule has 0 spiro atoms. The Morgan fingerprint density at radius 2 is 2.00 bits per heavy atom. The van der Waals surface area contributed by atoms with Gasteiger partial charge in [-0.15, -0.1) is 0 Å². The lowest BCUT2D eigenvalue weighted by Gasteiger charge is -2.10. The third kappa shape index (κ3) is 3.38. The van der Waals surface area contributed by atoms with Crippen molar-refractivity contribution in [1.82, 2.24) is 14.9 Å². The molecular weight excluding hydrogens is 248 g/mol. The van der Waals surface area contributed by atoms with E-state index < -0.39 is 11.6 Å². The molecule has 0 aliphatic rings. The van der Waals surface area contributed by atoms with Gasteiger partial charge < -0.3 is 9.88 Å². The topological polar surface area (TPSA) is 29.9 Å². The lowest BCUT2D eigenvalue weighted by Crippen LogP contribution is -2.18. The summed E-state index contributed by atoms with van der Waals surface area (Å²) in [6, 6.07) is 3.90. The van der Waals surface area contributed by atoms with Crippen molar-refractivity contribution in [1.29, 1.82) is 0 Å². The predicted molar refractivity (Wildman–Crippen MR) is 69.7 cm³/mol. The summed E-state index contributed by atoms with van der Waals surface area (Å²) in [7, 11) is 0. The van der Waals surface area contributed by atoms with E-state index >= 15 is 0 Å². The van der Waals surface area contributed by atoms with Crippen LogP contribution in [0, 0.1) is 11.6 Å². The van der Waals surface area contributed by atoms with Crippen molar-refractivity contribution in [3.05, 3.63) is 53.6 Å². The van der Waals surface area contributed by atoms with Crippen LogP contribution in [-0.2, 0) is 13.1 Å². The van der Waals surface area contributed by atoms with Gasteiger partial charge in [0.1, 0.15) is 17.5 Å². The molecule has 3 nitrogen and oxygen atoms in total. The Balaban J connectivity index is 2.13. The molecule has 1 aromatic carbocycles. The fraction of sp³-hybridized carbons (Fsp3) is 0.357. The first-order valence-electron chi connectivity index (χ1n) is 6.36. The number of rotatable bonds is 6. The van der Waals surface area contributed by atoms with Crippen LogP contribution in [0.5, 0.6) is 0 Å². The van der Waals surface area contributed by atoms with E-state index in [1.54, 1.807) is 17.0 Å². The number of nitrogens with zero attached hydrogens (tertiary/aromatic N) is 2. The third-order valence-corrected chi connectivity index (χ3v) is 2.90. The van der Waals surface area contributed by atoms with Gasteiger partial charge in [0.2, 0.25) is 0 Å². The van der Waals surface area contributed by atoms with Crippen molar-refractivity contribution in [3.8, 4) is 0 Å². The summed E-state index contributed by atoms with van der Waals surface area (Å²) in [4.78, 5) is 4.20. The summed E-state index contributed by atoms with van der Waals surface area (Å²) in [5.41, 5.74) is 0.0669. The molecule has 102 valence electrons. The Hall–Kier alpha value is -1.75. The average molecular weight is 265 g/mol. The second kappa shape index (κ2) is 6.43. The third-order valence-electron chi connectivity index (χ3n) is 2.90. The molecule has 2 aromatic rings. The van der Waals surface area contributed by atoms with Gasteiger partial charge in [-0.05, 0) is 25.1 Å². The predicted octanol–water partition coefficient (Wildman–Crippen LogP) is 2.71. The number of imidazole rings is 1. The molecule has 1 heterocycles. The van der Waals surface area contributed by atoms with Crippen LogP contribution in [0.3, 0.4) is 0 Å². The highest BCUT2D eigenvalue weighted by atomic mass is 19.1. The number of hydrogen-bond donors (Lipinski definition) is 1. The fourth-order valence-electron chi connectivity index (χ4n) is 1.88. The van der Waals surface area contributed by atoms with Gasteiger partial charge in [-0.3, -0.25) is 0 Å². The minimum Gasteiger partial charge on any atom is -0.329 e. The van der Waals surface area contributed by atoms with Crippen LogP contribution in [0.2, 0.25) is 0 Å². The van der Waals surface area contributed by atoms with Crippen molar-refractivity contribution >= 4 is 0 Å². The van der Waals surface area contributed by atoms with Crippen LogP contribution < -0.4 is 5.32 Å². The van der Waals surface area contributed by atoms with Gasteiger partial charge in [-0.1, -0.05) is 13.0 Å². The van der Waals surface area contributed by atoms with Gasteiger partial charge in [0.25, 0.3) is 0 Å². The monoisotopic (exact) mass is 265 g/mol. The van der Waals surface area contributed by atoms with Crippen molar-refractivity contribution in [3.63, 3.8) is 0 Å². The van der Waals surface area contributed by atoms with Crippen molar-refractivity contribution in [2.45, 2.75) is 26.4 Å². The van der Waals surface area contributed by atoms with Crippen molar-refractivity contribution < 1.29 is 8.78 Å². The van der Waals surface area contributed by atoms with E-state index in [4.69, 9.17) is 0 Å². The van der Waals surface area contributed by atoms with E-state index in [-0.39, 0.29) is 12.1 Å². The van der Waals surface area contributed by atoms with Crippen LogP contribution >= 0.6 is 0 Å². The molecule has 0 saturated carbocycles. The number of hydrogen-bond acceptors (Lipinski definition) is 2. The lowest BCUT2D eigenvalue weighted by molar-refractivity contribution is 0.535. The highest BCUT2D eigenvalue weighted by Crippen LogP contribution is 2.14. The first-order valence-corrected chi connectivity index (χ1v) is 6.36. The molecule has 0 aliphatic heterocycles. The number of halogens is 2. The van der Waals surface area contributed by atoms with Crippen LogP contribution in [0.4, 0.5) is 8.78 Å². The van der Waals surface area contributed by atoms with E-state index in [0.29, 0.717) is 6.54 Å². The summed E-state index contributed by atoms with van der Waals surface area (Å²) in [6.45, 7) is 3.72. The Morgan fingerprint density at radius 1 is 1.26 bits per heavy atom. The number of benzene rings is 1. The van der Waals surface area contributed by atoms with Gasteiger partial charge >= 0.3 is 0 Å². The Morgan fingerprint density at radius 3 is 2.68 bits per heavy atom. The molecule has 0 saturated heterocycles. The zero-order chi connectivity index (χ0) is 13.7. The molecule has 0 bridgehead atoms. The molecule has 19 heavy (non-hydrogen) atoms. The zero-order valence-electron chi connectivity index (χ0n) is 10.9. The smallest absolute Gasteiger partial charge is 0.131 e. The molecular formula is C14H17F2N3. The second-order valence-corrected chi connectivity index (χ2v) is 4.35. The summed E-state index contributed by atoms with van der Waals surface area (Å²) in [5.74, 6) is -0.279. The Kier molecular flexibility index (Phi) is 4.63. The maximum atomic E-state index is 13.6. The number of nitrogens with one attached hydrogen (secondary N) is 1. The van der Waals surface area contributed by atoms with Crippen LogP contribution in [0.15, 0.2) is 30.6 Å². The minimum absolute atomic E-state index is 0.0669. The molecule has 0 unspecified atom stereocenters. The summed E-state index contributed by atoms with van der Waals surface area (Å²) >= 11 is 0. The highest BCUT2D eigenvalue weighted by Gasteiger charge is 2.11. The first-order chi connectivity index (χ1) is 9.22. The minimum atomic E-state index is -0.527. The summed E-state index contributed by atoms with van der Waals surface area (Å²) in [6.07, 6.45) is 4.40. The SMILES string of the molecule is CCCNCc1nccn1Cc1c(F)cccc1F. The molecule has 2 rings (SSSR count). The zero-order valence-corrected chi connectivity index (χ0v) is 10.9. The van der Waals surface area contributed by atoms with Gasteiger partial charge in [0.05, 0.1) is 13.1 Å². The van der Waals surface area contributed by atoms with E-state index in [0.717, 1.165) is 18.8 Å². The van der Waals surface area contributed by atoms with Gasteiger partial charge in [-0.25, -0.2) is 13.8 Å². The van der Waals surface area contributed by atoms with Crippen LogP contribution in [0.1, 0.15) is 24.7 Å². The highest BCUT2D eigenvalue weighted by molar-refractivity contribution is 5.20. The first kappa shape index (κ1) is 13.7. The molecule has 5 heteroatoms. The molecule has 1 N–H and O–H groups in total. The van der Waals surface area contributed by atoms with Gasteiger partial charge in [0, 0.05) is 18.0 Å². The maximum absolute atomic E-state index is 13.6. The average Bonchev–Trinajstić information content (AvgIpc) is 2.82. The van der Waals surface area contributed by atoms with E-state index in [1.165, 1.54) is 18.2 Å². The van der Waals surface area contributed by atoms with E-state index in [1.807, 2.05) is 0 Å². The summed E-state index contributed by atoms with van der Waals surface area (Å²) in [5, 5.41) is 3.22. The van der Waals surface area contributed by atoms with E-state index in [9.17, 15) is 8.78 Å². The number of aromatic nitrogens is 2. The quantitative estimate of drug-likeness (QED) is 0.814. The van der Waals surface area contributed by atoms with E-state index in [2.05, 4.69) is 17.2 Å². The van der Waals surface area contributed by atoms with Crippen LogP contribution in [0.25, 0.3) is 0 Å². The van der Waals surface area contributed by atoms with Gasteiger partial charge in [0.15, 0.2) is 0 Å². The molecule has 0 atom stereocenters. The lowest BCUT2D eigenvalue weighted by atomic mass is 10.2. The standard InChI is InChI=1S/C14H17F2N3/c1-2-6-17-9-14-18-7-8-19(14)10-11-12(15)4-3-5-13(11)16/h3-5,7-8,17H,2,6,9-10H2,1H3. The molecule has 1 aromatic heterocycles. The van der Waals surface area contributed by atoms with Crippen molar-refractivity contribution in [2.75, 3.05) is 6.54 Å². The van der Waals surface area contributed by atoms with Gasteiger partial charge in [-0.2, -0.15) is 0 Å². The normalized spacial score (nSPS) is 10.9. The summed E-state index contributed by atoms with van der Waals surface area (Å²) < 4.78 is 28.9. The molecule has 0 aliphatic carbocycles. The largest absolute Gasteiger partial charge is 0.329 e. The molecule has 0 fully saturated rings.